The number of hydrogen-bond acceptors (Lipinski definition) is 6. The smallest absolute Gasteiger partial charge is 0.126 e. The van der Waals surface area contributed by atoms with Crippen LogP contribution in [0.4, 0.5) is 8.78 Å². The van der Waals surface area contributed by atoms with E-state index in [1.807, 2.05) is 60.7 Å². The van der Waals surface area contributed by atoms with Crippen LogP contribution >= 0.6 is 0 Å². The number of aliphatic hydroxyl groups excluding tert-OH is 2. The second kappa shape index (κ2) is 15.8. The number of hydrogen-bond donors (Lipinski definition) is 4. The Hall–Kier alpha value is -3.82. The summed E-state index contributed by atoms with van der Waals surface area (Å²) in [7, 11) is 0. The van der Waals surface area contributed by atoms with Crippen molar-refractivity contribution in [2.75, 3.05) is 13.1 Å². The maximum Gasteiger partial charge on any atom is 0.126 e. The lowest BCUT2D eigenvalue weighted by Gasteiger charge is -2.29. The number of aliphatic hydroxyl groups is 2. The van der Waals surface area contributed by atoms with Crippen LogP contribution in [0.3, 0.4) is 0 Å². The number of fused-ring (bicyclic) bond motifs is 2. The van der Waals surface area contributed by atoms with Gasteiger partial charge >= 0.3 is 0 Å². The third-order valence-electron chi connectivity index (χ3n) is 7.91. The Labute approximate surface area is 257 Å². The van der Waals surface area contributed by atoms with Crippen LogP contribution in [0.2, 0.25) is 0 Å². The zero-order valence-corrected chi connectivity index (χ0v) is 24.7. The van der Waals surface area contributed by atoms with Crippen molar-refractivity contribution in [3.8, 4) is 11.5 Å². The Morgan fingerprint density at radius 1 is 0.614 bits per heavy atom. The molecule has 2 aliphatic rings. The molecule has 0 fully saturated rings. The predicted octanol–water partition coefficient (Wildman–Crippen LogP) is 5.34. The van der Waals surface area contributed by atoms with Crippen LogP contribution < -0.4 is 20.1 Å². The van der Waals surface area contributed by atoms with Crippen LogP contribution in [-0.2, 0) is 25.9 Å². The van der Waals surface area contributed by atoms with Gasteiger partial charge in [0, 0.05) is 26.2 Å². The number of benzene rings is 4. The fraction of sp³-hybridized carbons (Fsp3) is 0.333. The quantitative estimate of drug-likeness (QED) is 0.196. The molecule has 4 aromatic rings. The summed E-state index contributed by atoms with van der Waals surface area (Å²) in [5.41, 5.74) is 4.11. The minimum Gasteiger partial charge on any atom is -0.487 e. The molecule has 2 aliphatic heterocycles. The molecule has 4 N–H and O–H groups in total. The molecule has 4 atom stereocenters. The summed E-state index contributed by atoms with van der Waals surface area (Å²) in [6, 6.07) is 29.2. The topological polar surface area (TPSA) is 83.0 Å². The van der Waals surface area contributed by atoms with E-state index in [9.17, 15) is 19.0 Å². The molecular formula is C36H40F2N2O4. The number of rotatable bonds is 10. The van der Waals surface area contributed by atoms with E-state index in [-0.39, 0.29) is 23.8 Å². The van der Waals surface area contributed by atoms with Crippen LogP contribution in [0, 0.1) is 11.6 Å². The molecule has 0 aromatic heterocycles. The highest BCUT2D eigenvalue weighted by atomic mass is 19.1. The molecule has 0 saturated heterocycles. The Kier molecular flexibility index (Phi) is 11.3. The zero-order valence-electron chi connectivity index (χ0n) is 24.7. The monoisotopic (exact) mass is 602 g/mol. The summed E-state index contributed by atoms with van der Waals surface area (Å²) in [5, 5.41) is 27.0. The van der Waals surface area contributed by atoms with Gasteiger partial charge in [-0.2, -0.15) is 0 Å². The fourth-order valence-electron chi connectivity index (χ4n) is 5.48. The normalized spacial score (nSPS) is 18.4. The minimum absolute atomic E-state index is 0.245. The SMILES string of the molecule is O[C@@H](CNCc1ccccc1)[C@@H]1CCc2cc(F)ccc2O1.O[C@H](CNCc1ccccc1)[C@H]1CCc2cc(F)ccc2O1. The molecule has 8 heteroatoms. The average Bonchev–Trinajstić information content (AvgIpc) is 3.05. The standard InChI is InChI=1S/2C18H20FNO2/c2*19-15-7-9-17-14(10-15)6-8-18(22-17)16(21)12-20-11-13-4-2-1-3-5-13/h2*1-5,7,9-10,16,18,20-21H,6,8,11-12H2/t2*16-,18-/m10/s1. The fourth-order valence-corrected chi connectivity index (χ4v) is 5.48. The number of aryl methyl sites for hydroxylation is 2. The van der Waals surface area contributed by atoms with E-state index in [0.29, 0.717) is 50.5 Å². The molecule has 0 amide bonds. The van der Waals surface area contributed by atoms with Crippen molar-refractivity contribution >= 4 is 0 Å². The Bertz CT molecular complexity index is 1350. The molecule has 44 heavy (non-hydrogen) atoms. The minimum atomic E-state index is -0.582. The first-order valence-corrected chi connectivity index (χ1v) is 15.2. The average molecular weight is 603 g/mol. The molecule has 0 aliphatic carbocycles. The van der Waals surface area contributed by atoms with Gasteiger partial charge in [0.05, 0.1) is 0 Å². The van der Waals surface area contributed by atoms with Crippen molar-refractivity contribution in [1.29, 1.82) is 0 Å². The third-order valence-corrected chi connectivity index (χ3v) is 7.91. The highest BCUT2D eigenvalue weighted by Gasteiger charge is 2.27. The van der Waals surface area contributed by atoms with Crippen molar-refractivity contribution in [3.05, 3.63) is 131 Å². The van der Waals surface area contributed by atoms with Crippen molar-refractivity contribution in [2.45, 2.75) is 63.2 Å². The summed E-state index contributed by atoms with van der Waals surface area (Å²) in [6.45, 7) is 2.37. The van der Waals surface area contributed by atoms with Gasteiger partial charge in [0.1, 0.15) is 47.5 Å². The van der Waals surface area contributed by atoms with Gasteiger partial charge in [0.2, 0.25) is 0 Å². The van der Waals surface area contributed by atoms with Crippen LogP contribution in [0.5, 0.6) is 11.5 Å². The maximum atomic E-state index is 13.2. The molecule has 0 bridgehead atoms. The summed E-state index contributed by atoms with van der Waals surface area (Å²) >= 11 is 0. The van der Waals surface area contributed by atoms with Gasteiger partial charge in [0.25, 0.3) is 0 Å². The highest BCUT2D eigenvalue weighted by Crippen LogP contribution is 2.30. The van der Waals surface area contributed by atoms with E-state index in [4.69, 9.17) is 9.47 Å². The van der Waals surface area contributed by atoms with E-state index in [2.05, 4.69) is 10.6 Å². The molecule has 2 heterocycles. The molecule has 0 saturated carbocycles. The lowest BCUT2D eigenvalue weighted by Crippen LogP contribution is -2.41. The van der Waals surface area contributed by atoms with Gasteiger partial charge in [-0.25, -0.2) is 8.78 Å². The van der Waals surface area contributed by atoms with E-state index in [1.165, 1.54) is 35.4 Å². The third kappa shape index (κ3) is 9.09. The van der Waals surface area contributed by atoms with E-state index < -0.39 is 12.2 Å². The van der Waals surface area contributed by atoms with Gasteiger partial charge < -0.3 is 30.3 Å². The van der Waals surface area contributed by atoms with Crippen molar-refractivity contribution in [3.63, 3.8) is 0 Å². The molecule has 232 valence electrons. The number of ether oxygens (including phenoxy) is 2. The van der Waals surface area contributed by atoms with E-state index in [0.717, 1.165) is 24.0 Å². The van der Waals surface area contributed by atoms with Crippen LogP contribution in [0.25, 0.3) is 0 Å². The largest absolute Gasteiger partial charge is 0.487 e. The summed E-state index contributed by atoms with van der Waals surface area (Å²) in [4.78, 5) is 0. The van der Waals surface area contributed by atoms with E-state index >= 15 is 0 Å². The van der Waals surface area contributed by atoms with Crippen LogP contribution in [-0.4, -0.2) is 47.7 Å². The second-order valence-electron chi connectivity index (χ2n) is 11.3. The summed E-state index contributed by atoms with van der Waals surface area (Å²) in [5.74, 6) is 0.872. The number of halogens is 2. The molecule has 4 aromatic carbocycles. The lowest BCUT2D eigenvalue weighted by molar-refractivity contribution is 0.0243. The van der Waals surface area contributed by atoms with Crippen molar-refractivity contribution < 1.29 is 28.5 Å². The molecule has 0 spiro atoms. The van der Waals surface area contributed by atoms with Crippen molar-refractivity contribution in [2.24, 2.45) is 0 Å². The molecular weight excluding hydrogens is 562 g/mol. The van der Waals surface area contributed by atoms with Gasteiger partial charge in [0.15, 0.2) is 0 Å². The van der Waals surface area contributed by atoms with E-state index in [1.54, 1.807) is 12.1 Å². The second-order valence-corrected chi connectivity index (χ2v) is 11.3. The van der Waals surface area contributed by atoms with Crippen LogP contribution in [0.1, 0.15) is 35.1 Å². The van der Waals surface area contributed by atoms with Crippen LogP contribution in [0.15, 0.2) is 97.1 Å². The molecule has 6 nitrogen and oxygen atoms in total. The highest BCUT2D eigenvalue weighted by molar-refractivity contribution is 5.37. The van der Waals surface area contributed by atoms with Gasteiger partial charge in [-0.05, 0) is 84.3 Å². The maximum absolute atomic E-state index is 13.2. The summed E-state index contributed by atoms with van der Waals surface area (Å²) in [6.07, 6.45) is 1.20. The predicted molar refractivity (Wildman–Crippen MR) is 167 cm³/mol. The van der Waals surface area contributed by atoms with Gasteiger partial charge in [-0.15, -0.1) is 0 Å². The summed E-state index contributed by atoms with van der Waals surface area (Å²) < 4.78 is 37.9. The first-order chi connectivity index (χ1) is 21.4. The molecule has 0 radical (unpaired) electrons. The Morgan fingerprint density at radius 2 is 1.02 bits per heavy atom. The molecule has 6 rings (SSSR count). The number of nitrogens with one attached hydrogen (secondary N) is 2. The first-order valence-electron chi connectivity index (χ1n) is 15.2. The zero-order chi connectivity index (χ0) is 30.7. The van der Waals surface area contributed by atoms with Gasteiger partial charge in [-0.3, -0.25) is 0 Å². The Balaban J connectivity index is 0.000000175. The lowest BCUT2D eigenvalue weighted by atomic mass is 9.99. The van der Waals surface area contributed by atoms with Crippen molar-refractivity contribution in [1.82, 2.24) is 10.6 Å². The van der Waals surface area contributed by atoms with Gasteiger partial charge in [-0.1, -0.05) is 60.7 Å². The first kappa shape index (κ1) is 31.6. The molecule has 0 unspecified atom stereocenters. The Morgan fingerprint density at radius 3 is 1.43 bits per heavy atom.